The molecule has 2 aromatic rings. The molecule has 0 saturated carbocycles. The number of nitrogens with one attached hydrogen (secondary N) is 2. The fourth-order valence-corrected chi connectivity index (χ4v) is 2.32. The van der Waals surface area contributed by atoms with E-state index in [4.69, 9.17) is 23.8 Å². The van der Waals surface area contributed by atoms with Gasteiger partial charge in [0.1, 0.15) is 0 Å². The summed E-state index contributed by atoms with van der Waals surface area (Å²) < 4.78 is 1.91. The Morgan fingerprint density at radius 1 is 1.38 bits per heavy atom. The summed E-state index contributed by atoms with van der Waals surface area (Å²) in [4.78, 5) is 0. The van der Waals surface area contributed by atoms with E-state index in [1.807, 2.05) is 41.9 Å². The Labute approximate surface area is 135 Å². The van der Waals surface area contributed by atoms with Crippen LogP contribution in [0.4, 0.5) is 5.82 Å². The van der Waals surface area contributed by atoms with Crippen LogP contribution in [0.5, 0.6) is 0 Å². The molecule has 0 aliphatic carbocycles. The van der Waals surface area contributed by atoms with Gasteiger partial charge in [-0.25, -0.2) is 0 Å². The molecular weight excluding hydrogens is 304 g/mol. The van der Waals surface area contributed by atoms with Gasteiger partial charge in [0.15, 0.2) is 10.9 Å². The first-order valence-corrected chi connectivity index (χ1v) is 7.71. The first-order valence-electron chi connectivity index (χ1n) is 6.93. The molecule has 1 heterocycles. The second-order valence-corrected chi connectivity index (χ2v) is 5.62. The lowest BCUT2D eigenvalue weighted by atomic mass is 10.2. The summed E-state index contributed by atoms with van der Waals surface area (Å²) in [5, 5.41) is 12.1. The molecular formula is C15H19ClN4S. The second kappa shape index (κ2) is 7.43. The molecule has 4 nitrogen and oxygen atoms in total. The second-order valence-electron chi connectivity index (χ2n) is 4.80. The van der Waals surface area contributed by atoms with Gasteiger partial charge in [0, 0.05) is 23.3 Å². The van der Waals surface area contributed by atoms with Crippen LogP contribution in [0.3, 0.4) is 0 Å². The largest absolute Gasteiger partial charge is 0.362 e. The van der Waals surface area contributed by atoms with Crippen molar-refractivity contribution in [2.24, 2.45) is 0 Å². The van der Waals surface area contributed by atoms with E-state index in [1.54, 1.807) is 0 Å². The summed E-state index contributed by atoms with van der Waals surface area (Å²) in [6.45, 7) is 5.60. The van der Waals surface area contributed by atoms with Crippen LogP contribution in [0.1, 0.15) is 24.6 Å². The van der Waals surface area contributed by atoms with Crippen molar-refractivity contribution >= 4 is 34.7 Å². The molecule has 0 radical (unpaired) electrons. The highest BCUT2D eigenvalue weighted by molar-refractivity contribution is 7.80. The van der Waals surface area contributed by atoms with Crippen molar-refractivity contribution < 1.29 is 0 Å². The van der Waals surface area contributed by atoms with E-state index in [2.05, 4.69) is 22.7 Å². The number of nitrogens with zero attached hydrogens (tertiary/aromatic N) is 2. The van der Waals surface area contributed by atoms with Crippen LogP contribution in [0.25, 0.3) is 0 Å². The van der Waals surface area contributed by atoms with Gasteiger partial charge in [0.05, 0.1) is 6.54 Å². The molecule has 6 heteroatoms. The zero-order valence-corrected chi connectivity index (χ0v) is 13.8. The number of hydrogen-bond donors (Lipinski definition) is 2. The summed E-state index contributed by atoms with van der Waals surface area (Å²) in [5.41, 5.74) is 2.10. The molecule has 1 aromatic carbocycles. The van der Waals surface area contributed by atoms with Gasteiger partial charge < -0.3 is 10.6 Å². The molecule has 0 amide bonds. The number of aryl methyl sites for hydroxylation is 1. The predicted octanol–water partition coefficient (Wildman–Crippen LogP) is 3.59. The summed E-state index contributed by atoms with van der Waals surface area (Å²) in [6, 6.07) is 9.76. The Morgan fingerprint density at radius 3 is 2.86 bits per heavy atom. The van der Waals surface area contributed by atoms with Crippen molar-refractivity contribution in [1.29, 1.82) is 0 Å². The van der Waals surface area contributed by atoms with Gasteiger partial charge in [0.25, 0.3) is 0 Å². The molecule has 1 aromatic heterocycles. The Hall–Kier alpha value is -1.59. The molecule has 0 aliphatic heterocycles. The molecule has 0 spiro atoms. The number of halogens is 1. The van der Waals surface area contributed by atoms with Gasteiger partial charge in [-0.1, -0.05) is 36.7 Å². The van der Waals surface area contributed by atoms with Crippen LogP contribution in [0, 0.1) is 6.92 Å². The van der Waals surface area contributed by atoms with Crippen molar-refractivity contribution in [3.8, 4) is 0 Å². The average molecular weight is 323 g/mol. The average Bonchev–Trinajstić information content (AvgIpc) is 2.79. The van der Waals surface area contributed by atoms with Crippen molar-refractivity contribution in [2.45, 2.75) is 26.8 Å². The van der Waals surface area contributed by atoms with E-state index in [9.17, 15) is 0 Å². The van der Waals surface area contributed by atoms with Crippen molar-refractivity contribution in [2.75, 3.05) is 11.9 Å². The lowest BCUT2D eigenvalue weighted by molar-refractivity contribution is 0.668. The van der Waals surface area contributed by atoms with Crippen LogP contribution in [-0.4, -0.2) is 21.4 Å². The Bertz CT molecular complexity index is 624. The first kappa shape index (κ1) is 15.8. The number of thiocarbonyl (C=S) groups is 1. The molecule has 21 heavy (non-hydrogen) atoms. The molecule has 0 atom stereocenters. The van der Waals surface area contributed by atoms with Crippen molar-refractivity contribution in [3.63, 3.8) is 0 Å². The van der Waals surface area contributed by atoms with Gasteiger partial charge >= 0.3 is 0 Å². The summed E-state index contributed by atoms with van der Waals surface area (Å²) in [7, 11) is 0. The SMILES string of the molecule is CCCNC(=S)Nc1cc(C)n(Cc2ccccc2Cl)n1. The third-order valence-corrected chi connectivity index (χ3v) is 3.65. The predicted molar refractivity (Wildman–Crippen MR) is 92.0 cm³/mol. The van der Waals surface area contributed by atoms with E-state index < -0.39 is 0 Å². The van der Waals surface area contributed by atoms with Gasteiger partial charge in [-0.3, -0.25) is 4.68 Å². The van der Waals surface area contributed by atoms with Crippen LogP contribution in [0.15, 0.2) is 30.3 Å². The number of hydrogen-bond acceptors (Lipinski definition) is 2. The quantitative estimate of drug-likeness (QED) is 0.826. The number of anilines is 1. The maximum Gasteiger partial charge on any atom is 0.171 e. The highest BCUT2D eigenvalue weighted by atomic mass is 35.5. The zero-order valence-electron chi connectivity index (χ0n) is 12.2. The van der Waals surface area contributed by atoms with E-state index in [1.165, 1.54) is 0 Å². The zero-order chi connectivity index (χ0) is 15.2. The van der Waals surface area contributed by atoms with Crippen LogP contribution >= 0.6 is 23.8 Å². The number of benzene rings is 1. The van der Waals surface area contributed by atoms with E-state index in [0.717, 1.165) is 35.1 Å². The summed E-state index contributed by atoms with van der Waals surface area (Å²) in [6.07, 6.45) is 1.03. The maximum atomic E-state index is 6.19. The minimum Gasteiger partial charge on any atom is -0.362 e. The van der Waals surface area contributed by atoms with Gasteiger partial charge in [0.2, 0.25) is 0 Å². The van der Waals surface area contributed by atoms with Crippen LogP contribution in [-0.2, 0) is 6.54 Å². The summed E-state index contributed by atoms with van der Waals surface area (Å²) in [5.74, 6) is 0.744. The molecule has 0 aliphatic rings. The van der Waals surface area contributed by atoms with Crippen LogP contribution in [0.2, 0.25) is 5.02 Å². The minimum atomic E-state index is 0.597. The molecule has 2 rings (SSSR count). The smallest absolute Gasteiger partial charge is 0.171 e. The van der Waals surface area contributed by atoms with Crippen LogP contribution < -0.4 is 10.6 Å². The van der Waals surface area contributed by atoms with E-state index >= 15 is 0 Å². The minimum absolute atomic E-state index is 0.597. The normalized spacial score (nSPS) is 10.4. The molecule has 0 bridgehead atoms. The Kier molecular flexibility index (Phi) is 5.59. The van der Waals surface area contributed by atoms with Gasteiger partial charge in [-0.2, -0.15) is 5.10 Å². The van der Waals surface area contributed by atoms with Gasteiger partial charge in [-0.05, 0) is 37.2 Å². The highest BCUT2D eigenvalue weighted by Crippen LogP contribution is 2.18. The third kappa shape index (κ3) is 4.44. The highest BCUT2D eigenvalue weighted by Gasteiger charge is 2.07. The number of aromatic nitrogens is 2. The van der Waals surface area contributed by atoms with Crippen molar-refractivity contribution in [1.82, 2.24) is 15.1 Å². The molecule has 112 valence electrons. The standard InChI is InChI=1S/C15H19ClN4S/c1-3-8-17-15(21)18-14-9-11(2)20(19-14)10-12-6-4-5-7-13(12)16/h4-7,9H,3,8,10H2,1-2H3,(H2,17,18,19,21). The Morgan fingerprint density at radius 2 is 2.14 bits per heavy atom. The van der Waals surface area contributed by atoms with E-state index in [-0.39, 0.29) is 0 Å². The third-order valence-electron chi connectivity index (χ3n) is 3.04. The topological polar surface area (TPSA) is 41.9 Å². The van der Waals surface area contributed by atoms with E-state index in [0.29, 0.717) is 11.7 Å². The lowest BCUT2D eigenvalue weighted by Crippen LogP contribution is -2.29. The Balaban J connectivity index is 2.06. The maximum absolute atomic E-state index is 6.19. The first-order chi connectivity index (χ1) is 10.1. The fourth-order valence-electron chi connectivity index (χ4n) is 1.92. The molecule has 0 unspecified atom stereocenters. The number of rotatable bonds is 5. The fraction of sp³-hybridized carbons (Fsp3) is 0.333. The molecule has 0 saturated heterocycles. The monoisotopic (exact) mass is 322 g/mol. The van der Waals surface area contributed by atoms with Gasteiger partial charge in [-0.15, -0.1) is 0 Å². The lowest BCUT2D eigenvalue weighted by Gasteiger charge is -2.07. The molecule has 0 fully saturated rings. The molecule has 2 N–H and O–H groups in total. The summed E-state index contributed by atoms with van der Waals surface area (Å²) >= 11 is 11.4. The van der Waals surface area contributed by atoms with Crippen molar-refractivity contribution in [3.05, 3.63) is 46.6 Å².